The van der Waals surface area contributed by atoms with Crippen LogP contribution in [0.2, 0.25) is 10.0 Å². The highest BCUT2D eigenvalue weighted by Gasteiger charge is 2.12. The maximum atomic E-state index is 10.6. The SMILES string of the molecule is N#Cc1ccc(Cl)cc1Oc1ccc([N+](=O)[O-])cc1Cl. The second-order valence-corrected chi connectivity index (χ2v) is 4.57. The lowest BCUT2D eigenvalue weighted by molar-refractivity contribution is -0.384. The van der Waals surface area contributed by atoms with Gasteiger partial charge in [0, 0.05) is 23.2 Å². The zero-order valence-electron chi connectivity index (χ0n) is 9.84. The summed E-state index contributed by atoms with van der Waals surface area (Å²) in [5.74, 6) is 0.437. The summed E-state index contributed by atoms with van der Waals surface area (Å²) in [7, 11) is 0. The van der Waals surface area contributed by atoms with E-state index in [1.165, 1.54) is 30.3 Å². The van der Waals surface area contributed by atoms with E-state index < -0.39 is 4.92 Å². The average Bonchev–Trinajstić information content (AvgIpc) is 2.41. The standard InChI is InChI=1S/C13H6Cl2N2O3/c14-9-2-1-8(7-16)13(5-9)20-12-4-3-10(17(18)19)6-11(12)15/h1-6H. The first kappa shape index (κ1) is 14.1. The summed E-state index contributed by atoms with van der Waals surface area (Å²) in [6.45, 7) is 0. The lowest BCUT2D eigenvalue weighted by atomic mass is 10.2. The monoisotopic (exact) mass is 308 g/mol. The molecule has 0 heterocycles. The molecule has 0 unspecified atom stereocenters. The Hall–Kier alpha value is -2.29. The maximum Gasteiger partial charge on any atom is 0.271 e. The summed E-state index contributed by atoms with van der Waals surface area (Å²) in [5, 5.41) is 20.1. The van der Waals surface area contributed by atoms with Crippen LogP contribution in [0.25, 0.3) is 0 Å². The number of ether oxygens (including phenoxy) is 1. The smallest absolute Gasteiger partial charge is 0.271 e. The van der Waals surface area contributed by atoms with Crippen LogP contribution in [-0.2, 0) is 0 Å². The summed E-state index contributed by atoms with van der Waals surface area (Å²) >= 11 is 11.7. The van der Waals surface area contributed by atoms with Gasteiger partial charge in [-0.2, -0.15) is 5.26 Å². The molecule has 0 amide bonds. The summed E-state index contributed by atoms with van der Waals surface area (Å²) in [6, 6.07) is 10.3. The number of nitro benzene ring substituents is 1. The first-order valence-corrected chi connectivity index (χ1v) is 6.08. The molecule has 0 aliphatic carbocycles. The Bertz CT molecular complexity index is 726. The zero-order chi connectivity index (χ0) is 14.7. The highest BCUT2D eigenvalue weighted by Crippen LogP contribution is 2.34. The number of nitro groups is 1. The molecule has 0 N–H and O–H groups in total. The number of nitrogens with zero attached hydrogens (tertiary/aromatic N) is 2. The number of halogens is 2. The van der Waals surface area contributed by atoms with Crippen molar-refractivity contribution in [3.05, 3.63) is 62.1 Å². The molecule has 0 aromatic heterocycles. The molecule has 0 saturated carbocycles. The van der Waals surface area contributed by atoms with Gasteiger partial charge in [-0.1, -0.05) is 23.2 Å². The van der Waals surface area contributed by atoms with Gasteiger partial charge in [0.25, 0.3) is 5.69 Å². The molecule has 5 nitrogen and oxygen atoms in total. The zero-order valence-corrected chi connectivity index (χ0v) is 11.4. The normalized spacial score (nSPS) is 9.85. The largest absolute Gasteiger partial charge is 0.454 e. The fourth-order valence-corrected chi connectivity index (χ4v) is 1.85. The molecule has 0 aliphatic rings. The van der Waals surface area contributed by atoms with Crippen molar-refractivity contribution in [1.29, 1.82) is 5.26 Å². The molecule has 2 aromatic rings. The minimum Gasteiger partial charge on any atom is -0.454 e. The quantitative estimate of drug-likeness (QED) is 0.615. The molecule has 0 atom stereocenters. The van der Waals surface area contributed by atoms with E-state index in [0.29, 0.717) is 5.02 Å². The van der Waals surface area contributed by atoms with Gasteiger partial charge < -0.3 is 4.74 Å². The Morgan fingerprint density at radius 1 is 1.15 bits per heavy atom. The van der Waals surface area contributed by atoms with Gasteiger partial charge in [-0.3, -0.25) is 10.1 Å². The van der Waals surface area contributed by atoms with Crippen LogP contribution in [0.5, 0.6) is 11.5 Å². The number of nitriles is 1. The van der Waals surface area contributed by atoms with Gasteiger partial charge in [-0.15, -0.1) is 0 Å². The highest BCUT2D eigenvalue weighted by molar-refractivity contribution is 6.32. The summed E-state index contributed by atoms with van der Waals surface area (Å²) in [6.07, 6.45) is 0. The molecular weight excluding hydrogens is 303 g/mol. The minimum absolute atomic E-state index is 0.0723. The van der Waals surface area contributed by atoms with Gasteiger partial charge in [0.05, 0.1) is 15.5 Å². The van der Waals surface area contributed by atoms with E-state index in [9.17, 15) is 10.1 Å². The molecule has 0 spiro atoms. The van der Waals surface area contributed by atoms with E-state index >= 15 is 0 Å². The number of hydrogen-bond acceptors (Lipinski definition) is 4. The molecule has 100 valence electrons. The van der Waals surface area contributed by atoms with Crippen molar-refractivity contribution in [2.75, 3.05) is 0 Å². The molecule has 0 fully saturated rings. The van der Waals surface area contributed by atoms with Gasteiger partial charge in [0.15, 0.2) is 0 Å². The third kappa shape index (κ3) is 2.99. The summed E-state index contributed by atoms with van der Waals surface area (Å²) in [5.41, 5.74) is 0.137. The van der Waals surface area contributed by atoms with Crippen LogP contribution in [0.4, 0.5) is 5.69 Å². The Labute approximate surface area is 124 Å². The van der Waals surface area contributed by atoms with Gasteiger partial charge in [0.2, 0.25) is 0 Å². The van der Waals surface area contributed by atoms with Crippen molar-refractivity contribution in [2.45, 2.75) is 0 Å². The van der Waals surface area contributed by atoms with Crippen molar-refractivity contribution >= 4 is 28.9 Å². The maximum absolute atomic E-state index is 10.6. The first-order chi connectivity index (χ1) is 9.51. The Morgan fingerprint density at radius 3 is 2.50 bits per heavy atom. The number of benzene rings is 2. The predicted molar refractivity (Wildman–Crippen MR) is 74.3 cm³/mol. The van der Waals surface area contributed by atoms with E-state index in [1.807, 2.05) is 6.07 Å². The van der Waals surface area contributed by atoms with Gasteiger partial charge in [-0.05, 0) is 18.2 Å². The van der Waals surface area contributed by atoms with Crippen LogP contribution < -0.4 is 4.74 Å². The predicted octanol–water partition coefficient (Wildman–Crippen LogP) is 4.57. The lowest BCUT2D eigenvalue weighted by Gasteiger charge is -2.09. The molecule has 7 heteroatoms. The molecular formula is C13H6Cl2N2O3. The fraction of sp³-hybridized carbons (Fsp3) is 0. The van der Waals surface area contributed by atoms with Crippen molar-refractivity contribution in [2.24, 2.45) is 0 Å². The van der Waals surface area contributed by atoms with Crippen LogP contribution in [-0.4, -0.2) is 4.92 Å². The van der Waals surface area contributed by atoms with Crippen LogP contribution in [0, 0.1) is 21.4 Å². The minimum atomic E-state index is -0.560. The van der Waals surface area contributed by atoms with E-state index in [4.69, 9.17) is 33.2 Å². The fourth-order valence-electron chi connectivity index (χ4n) is 1.48. The number of hydrogen-bond donors (Lipinski definition) is 0. The summed E-state index contributed by atoms with van der Waals surface area (Å²) in [4.78, 5) is 10.1. The molecule has 0 bridgehead atoms. The van der Waals surface area contributed by atoms with Gasteiger partial charge in [0.1, 0.15) is 17.6 Å². The Morgan fingerprint density at radius 2 is 1.90 bits per heavy atom. The number of rotatable bonds is 3. The van der Waals surface area contributed by atoms with Crippen molar-refractivity contribution in [1.82, 2.24) is 0 Å². The second kappa shape index (κ2) is 5.78. The Balaban J connectivity index is 2.38. The summed E-state index contributed by atoms with van der Waals surface area (Å²) < 4.78 is 5.49. The van der Waals surface area contributed by atoms with Crippen LogP contribution in [0.1, 0.15) is 5.56 Å². The topological polar surface area (TPSA) is 76.2 Å². The van der Waals surface area contributed by atoms with E-state index in [2.05, 4.69) is 0 Å². The molecule has 0 radical (unpaired) electrons. The molecule has 2 aromatic carbocycles. The van der Waals surface area contributed by atoms with Crippen molar-refractivity contribution in [3.8, 4) is 17.6 Å². The van der Waals surface area contributed by atoms with E-state index in [1.54, 1.807) is 6.07 Å². The molecule has 20 heavy (non-hydrogen) atoms. The third-order valence-electron chi connectivity index (χ3n) is 2.41. The lowest BCUT2D eigenvalue weighted by Crippen LogP contribution is -1.91. The van der Waals surface area contributed by atoms with Crippen molar-refractivity contribution < 1.29 is 9.66 Å². The van der Waals surface area contributed by atoms with Crippen LogP contribution in [0.3, 0.4) is 0 Å². The molecule has 2 rings (SSSR count). The van der Waals surface area contributed by atoms with Crippen LogP contribution >= 0.6 is 23.2 Å². The highest BCUT2D eigenvalue weighted by atomic mass is 35.5. The molecule has 0 aliphatic heterocycles. The van der Waals surface area contributed by atoms with E-state index in [0.717, 1.165) is 0 Å². The Kier molecular flexibility index (Phi) is 4.08. The van der Waals surface area contributed by atoms with Gasteiger partial charge in [-0.25, -0.2) is 0 Å². The molecule has 0 saturated heterocycles. The van der Waals surface area contributed by atoms with E-state index in [-0.39, 0.29) is 27.8 Å². The van der Waals surface area contributed by atoms with Crippen molar-refractivity contribution in [3.63, 3.8) is 0 Å². The van der Waals surface area contributed by atoms with Gasteiger partial charge >= 0.3 is 0 Å². The second-order valence-electron chi connectivity index (χ2n) is 3.73. The van der Waals surface area contributed by atoms with Crippen LogP contribution in [0.15, 0.2) is 36.4 Å². The average molecular weight is 309 g/mol. The third-order valence-corrected chi connectivity index (χ3v) is 2.94. The number of non-ortho nitro benzene ring substituents is 1. The first-order valence-electron chi connectivity index (χ1n) is 5.32.